The Morgan fingerprint density at radius 1 is 1.17 bits per heavy atom. The highest BCUT2D eigenvalue weighted by atomic mass is 35.5. The van der Waals surface area contributed by atoms with Crippen LogP contribution in [0.2, 0.25) is 0 Å². The molecule has 0 radical (unpaired) electrons. The molecule has 18 heavy (non-hydrogen) atoms. The van der Waals surface area contributed by atoms with Crippen LogP contribution < -0.4 is 4.74 Å². The van der Waals surface area contributed by atoms with Gasteiger partial charge in [-0.1, -0.05) is 6.07 Å². The van der Waals surface area contributed by atoms with Gasteiger partial charge in [-0.25, -0.2) is 4.98 Å². The van der Waals surface area contributed by atoms with E-state index in [0.717, 1.165) is 11.3 Å². The first kappa shape index (κ1) is 12.8. The maximum absolute atomic E-state index is 5.85. The normalized spacial score (nSPS) is 10.4. The van der Waals surface area contributed by atoms with Crippen molar-refractivity contribution in [3.63, 3.8) is 0 Å². The van der Waals surface area contributed by atoms with Gasteiger partial charge in [0, 0.05) is 11.8 Å². The van der Waals surface area contributed by atoms with Gasteiger partial charge in [0.25, 0.3) is 0 Å². The van der Waals surface area contributed by atoms with Crippen molar-refractivity contribution in [1.82, 2.24) is 9.97 Å². The van der Waals surface area contributed by atoms with E-state index in [1.807, 2.05) is 25.1 Å². The Labute approximate surface area is 112 Å². The van der Waals surface area contributed by atoms with E-state index >= 15 is 0 Å². The molecule has 0 aliphatic rings. The molecule has 2 aromatic rings. The minimum atomic E-state index is 0.334. The second-order valence-electron chi connectivity index (χ2n) is 4.23. The van der Waals surface area contributed by atoms with Crippen molar-refractivity contribution in [2.45, 2.75) is 26.7 Å². The smallest absolute Gasteiger partial charge is 0.226 e. The first-order chi connectivity index (χ1) is 8.60. The second kappa shape index (κ2) is 5.36. The molecule has 0 aliphatic carbocycles. The zero-order chi connectivity index (χ0) is 13.1. The van der Waals surface area contributed by atoms with Gasteiger partial charge in [-0.15, -0.1) is 11.6 Å². The van der Waals surface area contributed by atoms with E-state index in [9.17, 15) is 0 Å². The lowest BCUT2D eigenvalue weighted by atomic mass is 10.1. The summed E-state index contributed by atoms with van der Waals surface area (Å²) in [6.45, 7) is 5.94. The van der Waals surface area contributed by atoms with E-state index in [4.69, 9.17) is 16.3 Å². The second-order valence-corrected chi connectivity index (χ2v) is 4.50. The molecule has 0 aliphatic heterocycles. The van der Waals surface area contributed by atoms with Crippen LogP contribution in [0.3, 0.4) is 0 Å². The van der Waals surface area contributed by atoms with Gasteiger partial charge in [0.15, 0.2) is 0 Å². The number of aryl methyl sites for hydroxylation is 3. The molecule has 0 spiro atoms. The molecule has 3 nitrogen and oxygen atoms in total. The number of aromatic nitrogens is 2. The van der Waals surface area contributed by atoms with Gasteiger partial charge in [0.2, 0.25) is 5.88 Å². The number of rotatable bonds is 3. The lowest BCUT2D eigenvalue weighted by Crippen LogP contribution is -1.97. The van der Waals surface area contributed by atoms with Gasteiger partial charge in [-0.05, 0) is 44.0 Å². The van der Waals surface area contributed by atoms with Crippen LogP contribution in [0.4, 0.5) is 0 Å². The van der Waals surface area contributed by atoms with Gasteiger partial charge in [-0.3, -0.25) is 0 Å². The average molecular weight is 263 g/mol. The molecular formula is C14H15ClN2O. The first-order valence-electron chi connectivity index (χ1n) is 5.73. The number of nitrogens with zero attached hydrogens (tertiary/aromatic N) is 2. The Bertz CT molecular complexity index is 570. The monoisotopic (exact) mass is 262 g/mol. The molecule has 0 unspecified atom stereocenters. The quantitative estimate of drug-likeness (QED) is 0.786. The molecule has 2 rings (SSSR count). The topological polar surface area (TPSA) is 35.0 Å². The number of hydrogen-bond donors (Lipinski definition) is 0. The summed E-state index contributed by atoms with van der Waals surface area (Å²) >= 11 is 5.85. The van der Waals surface area contributed by atoms with E-state index < -0.39 is 0 Å². The van der Waals surface area contributed by atoms with Crippen molar-refractivity contribution < 1.29 is 4.74 Å². The summed E-state index contributed by atoms with van der Waals surface area (Å²) < 4.78 is 5.78. The average Bonchev–Trinajstić information content (AvgIpc) is 2.34. The summed E-state index contributed by atoms with van der Waals surface area (Å²) in [5, 5.41) is 0. The molecule has 0 amide bonds. The highest BCUT2D eigenvalue weighted by Gasteiger charge is 2.08. The molecule has 0 bridgehead atoms. The number of benzene rings is 1. The van der Waals surface area contributed by atoms with Crippen molar-refractivity contribution in [2.24, 2.45) is 0 Å². The molecule has 4 heteroatoms. The van der Waals surface area contributed by atoms with Gasteiger partial charge in [0.1, 0.15) is 11.6 Å². The molecule has 94 valence electrons. The van der Waals surface area contributed by atoms with E-state index in [1.54, 1.807) is 6.20 Å². The third kappa shape index (κ3) is 2.79. The predicted octanol–water partition coefficient (Wildman–Crippen LogP) is 3.93. The molecular weight excluding hydrogens is 248 g/mol. The predicted molar refractivity (Wildman–Crippen MR) is 72.3 cm³/mol. The highest BCUT2D eigenvalue weighted by molar-refractivity contribution is 6.17. The zero-order valence-corrected chi connectivity index (χ0v) is 11.5. The van der Waals surface area contributed by atoms with Crippen LogP contribution in [-0.2, 0) is 5.88 Å². The first-order valence-corrected chi connectivity index (χ1v) is 6.27. The van der Waals surface area contributed by atoms with Crippen LogP contribution in [0.25, 0.3) is 0 Å². The van der Waals surface area contributed by atoms with Crippen LogP contribution in [0, 0.1) is 20.8 Å². The summed E-state index contributed by atoms with van der Waals surface area (Å²) in [6.07, 6.45) is 1.70. The molecule has 0 atom stereocenters. The summed E-state index contributed by atoms with van der Waals surface area (Å²) in [6, 6.07) is 5.95. The van der Waals surface area contributed by atoms with Crippen molar-refractivity contribution >= 4 is 11.6 Å². The third-order valence-corrected chi connectivity index (χ3v) is 3.07. The van der Waals surface area contributed by atoms with Crippen LogP contribution in [0.15, 0.2) is 24.4 Å². The fourth-order valence-corrected chi connectivity index (χ4v) is 1.73. The van der Waals surface area contributed by atoms with Gasteiger partial charge in [-0.2, -0.15) is 4.98 Å². The molecule has 0 saturated carbocycles. The van der Waals surface area contributed by atoms with Gasteiger partial charge >= 0.3 is 0 Å². The molecule has 1 aromatic heterocycles. The van der Waals surface area contributed by atoms with Gasteiger partial charge in [0.05, 0.1) is 5.88 Å². The molecule has 0 fully saturated rings. The number of hydrogen-bond acceptors (Lipinski definition) is 3. The standard InChI is InChI=1S/C14H15ClN2O/c1-9-4-5-13(6-10(9)2)18-14-12(7-15)8-16-11(3)17-14/h4-6,8H,7H2,1-3H3. The Hall–Kier alpha value is -1.61. The zero-order valence-electron chi connectivity index (χ0n) is 10.7. The van der Waals surface area contributed by atoms with E-state index in [0.29, 0.717) is 17.6 Å². The van der Waals surface area contributed by atoms with E-state index in [2.05, 4.69) is 23.8 Å². The van der Waals surface area contributed by atoms with E-state index in [-0.39, 0.29) is 0 Å². The largest absolute Gasteiger partial charge is 0.439 e. The van der Waals surface area contributed by atoms with Crippen LogP contribution >= 0.6 is 11.6 Å². The fraction of sp³-hybridized carbons (Fsp3) is 0.286. The maximum atomic E-state index is 5.85. The van der Waals surface area contributed by atoms with Gasteiger partial charge < -0.3 is 4.74 Å². The number of alkyl halides is 1. The van der Waals surface area contributed by atoms with Crippen LogP contribution in [-0.4, -0.2) is 9.97 Å². The lowest BCUT2D eigenvalue weighted by molar-refractivity contribution is 0.454. The number of ether oxygens (including phenoxy) is 1. The molecule has 0 saturated heterocycles. The highest BCUT2D eigenvalue weighted by Crippen LogP contribution is 2.25. The number of halogens is 1. The Balaban J connectivity index is 2.33. The Kier molecular flexibility index (Phi) is 3.82. The SMILES string of the molecule is Cc1ncc(CCl)c(Oc2ccc(C)c(C)c2)n1. The van der Waals surface area contributed by atoms with Crippen LogP contribution in [0.1, 0.15) is 22.5 Å². The van der Waals surface area contributed by atoms with Crippen LogP contribution in [0.5, 0.6) is 11.6 Å². The van der Waals surface area contributed by atoms with Crippen molar-refractivity contribution in [1.29, 1.82) is 0 Å². The maximum Gasteiger partial charge on any atom is 0.226 e. The van der Waals surface area contributed by atoms with E-state index in [1.165, 1.54) is 11.1 Å². The van der Waals surface area contributed by atoms with Crippen molar-refractivity contribution in [2.75, 3.05) is 0 Å². The van der Waals surface area contributed by atoms with Crippen molar-refractivity contribution in [3.05, 3.63) is 46.9 Å². The Morgan fingerprint density at radius 2 is 1.94 bits per heavy atom. The summed E-state index contributed by atoms with van der Waals surface area (Å²) in [7, 11) is 0. The summed E-state index contributed by atoms with van der Waals surface area (Å²) in [4.78, 5) is 8.38. The lowest BCUT2D eigenvalue weighted by Gasteiger charge is -2.10. The third-order valence-electron chi connectivity index (χ3n) is 2.78. The fourth-order valence-electron chi connectivity index (χ4n) is 1.54. The molecule has 1 aromatic carbocycles. The minimum Gasteiger partial charge on any atom is -0.439 e. The molecule has 0 N–H and O–H groups in total. The summed E-state index contributed by atoms with van der Waals surface area (Å²) in [5.41, 5.74) is 3.21. The minimum absolute atomic E-state index is 0.334. The van der Waals surface area contributed by atoms with Crippen molar-refractivity contribution in [3.8, 4) is 11.6 Å². The summed E-state index contributed by atoms with van der Waals surface area (Å²) in [5.74, 6) is 2.30. The molecule has 1 heterocycles. The Morgan fingerprint density at radius 3 is 2.61 bits per heavy atom.